The van der Waals surface area contributed by atoms with Crippen molar-refractivity contribution >= 4 is 11.4 Å². The minimum Gasteiger partial charge on any atom is -0.378 e. The Morgan fingerprint density at radius 2 is 0.615 bits per heavy atom. The van der Waals surface area contributed by atoms with Crippen LogP contribution in [0.15, 0.2) is 48.5 Å². The summed E-state index contributed by atoms with van der Waals surface area (Å²) in [6, 6.07) is 17.0. The first-order valence-electron chi connectivity index (χ1n) is 9.88. The van der Waals surface area contributed by atoms with Crippen LogP contribution in [0.5, 0.6) is 0 Å². The van der Waals surface area contributed by atoms with Crippen LogP contribution < -0.4 is 9.80 Å². The zero-order valence-corrected chi connectivity index (χ0v) is 19.5. The van der Waals surface area contributed by atoms with Gasteiger partial charge in [0.1, 0.15) is 0 Å². The molecule has 0 atom stereocenters. The van der Waals surface area contributed by atoms with E-state index >= 15 is 0 Å². The van der Waals surface area contributed by atoms with Gasteiger partial charge in [-0.1, -0.05) is 76.9 Å². The fourth-order valence-corrected chi connectivity index (χ4v) is 1.69. The van der Waals surface area contributed by atoms with Crippen molar-refractivity contribution in [1.29, 1.82) is 0 Å². The van der Waals surface area contributed by atoms with Gasteiger partial charge < -0.3 is 9.80 Å². The van der Waals surface area contributed by atoms with Crippen LogP contribution in [0.1, 0.15) is 52.7 Å². The minimum atomic E-state index is 1.26. The van der Waals surface area contributed by atoms with E-state index in [0.29, 0.717) is 0 Å². The van der Waals surface area contributed by atoms with E-state index < -0.39 is 0 Å². The Morgan fingerprint density at radius 1 is 0.423 bits per heavy atom. The van der Waals surface area contributed by atoms with E-state index in [9.17, 15) is 0 Å². The molecular formula is C24H44N2. The molecule has 0 aromatic heterocycles. The van der Waals surface area contributed by atoms with Crippen LogP contribution in [0.3, 0.4) is 0 Å². The molecule has 2 nitrogen and oxygen atoms in total. The van der Waals surface area contributed by atoms with Crippen LogP contribution in [0, 0.1) is 13.8 Å². The molecule has 0 saturated heterocycles. The lowest BCUT2D eigenvalue weighted by atomic mass is 10.2. The molecule has 0 heterocycles. The summed E-state index contributed by atoms with van der Waals surface area (Å²) in [7, 11) is 8.19. The molecular weight excluding hydrogens is 316 g/mol. The van der Waals surface area contributed by atoms with E-state index in [4.69, 9.17) is 0 Å². The van der Waals surface area contributed by atoms with Gasteiger partial charge in [-0.2, -0.15) is 0 Å². The molecule has 0 amide bonds. The number of nitrogens with zero attached hydrogens (tertiary/aromatic N) is 2. The van der Waals surface area contributed by atoms with Gasteiger partial charge >= 0.3 is 0 Å². The first-order valence-corrected chi connectivity index (χ1v) is 9.88. The van der Waals surface area contributed by atoms with Gasteiger partial charge in [0.25, 0.3) is 0 Å². The maximum Gasteiger partial charge on any atom is 0.0361 e. The van der Waals surface area contributed by atoms with Crippen molar-refractivity contribution in [3.63, 3.8) is 0 Å². The first kappa shape index (κ1) is 28.8. The average Bonchev–Trinajstić information content (AvgIpc) is 2.68. The van der Waals surface area contributed by atoms with Crippen LogP contribution in [0.25, 0.3) is 0 Å². The second kappa shape index (κ2) is 19.4. The third-order valence-electron chi connectivity index (χ3n) is 3.10. The van der Waals surface area contributed by atoms with Crippen LogP contribution in [-0.4, -0.2) is 28.2 Å². The molecule has 2 rings (SSSR count). The number of aryl methyl sites for hydroxylation is 2. The Morgan fingerprint density at radius 3 is 0.769 bits per heavy atom. The number of rotatable bonds is 2. The van der Waals surface area contributed by atoms with Crippen molar-refractivity contribution in [3.05, 3.63) is 59.7 Å². The number of hydrogen-bond donors (Lipinski definition) is 0. The Bertz CT molecular complexity index is 447. The summed E-state index contributed by atoms with van der Waals surface area (Å²) in [5.41, 5.74) is 5.13. The highest BCUT2D eigenvalue weighted by Crippen LogP contribution is 2.11. The van der Waals surface area contributed by atoms with Gasteiger partial charge in [-0.3, -0.25) is 0 Å². The Labute approximate surface area is 164 Å². The molecule has 2 aromatic carbocycles. The standard InChI is InChI=1S/2C9H13N.3C2H6/c2*1-8-4-6-9(7-5-8)10(2)3;3*1-2/h2*4-7H,1-3H3;3*1-2H3. The van der Waals surface area contributed by atoms with E-state index in [0.717, 1.165) is 0 Å². The van der Waals surface area contributed by atoms with Crippen molar-refractivity contribution in [2.75, 3.05) is 38.0 Å². The highest BCUT2D eigenvalue weighted by Gasteiger charge is 1.91. The second-order valence-corrected chi connectivity index (χ2v) is 5.46. The van der Waals surface area contributed by atoms with Crippen molar-refractivity contribution in [1.82, 2.24) is 0 Å². The first-order chi connectivity index (χ1) is 12.4. The summed E-state index contributed by atoms with van der Waals surface area (Å²) in [6.07, 6.45) is 0. The van der Waals surface area contributed by atoms with Crippen molar-refractivity contribution in [3.8, 4) is 0 Å². The monoisotopic (exact) mass is 360 g/mol. The summed E-state index contributed by atoms with van der Waals surface area (Å²) in [4.78, 5) is 4.19. The molecule has 0 spiro atoms. The molecule has 0 aliphatic carbocycles. The van der Waals surface area contributed by atoms with Gasteiger partial charge in [-0.15, -0.1) is 0 Å². The maximum atomic E-state index is 2.12. The zero-order valence-electron chi connectivity index (χ0n) is 19.5. The fraction of sp³-hybridized carbons (Fsp3) is 0.500. The Hall–Kier alpha value is -1.96. The molecule has 0 N–H and O–H groups in total. The van der Waals surface area contributed by atoms with Gasteiger partial charge in [0.05, 0.1) is 0 Å². The number of anilines is 2. The summed E-state index contributed by atoms with van der Waals surface area (Å²) >= 11 is 0. The van der Waals surface area contributed by atoms with E-state index in [1.54, 1.807) is 0 Å². The van der Waals surface area contributed by atoms with E-state index in [1.165, 1.54) is 22.5 Å². The molecule has 0 aliphatic rings. The highest BCUT2D eigenvalue weighted by atomic mass is 15.1. The second-order valence-electron chi connectivity index (χ2n) is 5.46. The van der Waals surface area contributed by atoms with Crippen LogP contribution in [0.2, 0.25) is 0 Å². The lowest BCUT2D eigenvalue weighted by Gasteiger charge is -2.11. The highest BCUT2D eigenvalue weighted by molar-refractivity contribution is 5.46. The predicted octanol–water partition coefficient (Wildman–Crippen LogP) is 7.20. The van der Waals surface area contributed by atoms with Gasteiger partial charge in [0.15, 0.2) is 0 Å². The van der Waals surface area contributed by atoms with E-state index in [1.807, 2.05) is 69.7 Å². The normalized spacial score (nSPS) is 8.00. The quantitative estimate of drug-likeness (QED) is 0.558. The average molecular weight is 361 g/mol. The van der Waals surface area contributed by atoms with Crippen molar-refractivity contribution < 1.29 is 0 Å². The fourth-order valence-electron chi connectivity index (χ4n) is 1.69. The molecule has 26 heavy (non-hydrogen) atoms. The predicted molar refractivity (Wildman–Crippen MR) is 125 cm³/mol. The van der Waals surface area contributed by atoms with Gasteiger partial charge in [-0.05, 0) is 38.1 Å². The molecule has 2 heteroatoms. The smallest absolute Gasteiger partial charge is 0.0361 e. The Balaban J connectivity index is -0.000000316. The van der Waals surface area contributed by atoms with Gasteiger partial charge in [0.2, 0.25) is 0 Å². The molecule has 2 aromatic rings. The lowest BCUT2D eigenvalue weighted by Crippen LogP contribution is -2.07. The van der Waals surface area contributed by atoms with Crippen LogP contribution in [-0.2, 0) is 0 Å². The van der Waals surface area contributed by atoms with Gasteiger partial charge in [-0.25, -0.2) is 0 Å². The molecule has 0 bridgehead atoms. The molecule has 0 aliphatic heterocycles. The van der Waals surface area contributed by atoms with E-state index in [2.05, 4.69) is 72.2 Å². The molecule has 0 unspecified atom stereocenters. The van der Waals surface area contributed by atoms with E-state index in [-0.39, 0.29) is 0 Å². The third kappa shape index (κ3) is 14.4. The molecule has 150 valence electrons. The lowest BCUT2D eigenvalue weighted by molar-refractivity contribution is 1.13. The van der Waals surface area contributed by atoms with Gasteiger partial charge in [0, 0.05) is 39.6 Å². The molecule has 0 fully saturated rings. The summed E-state index contributed by atoms with van der Waals surface area (Å²) in [6.45, 7) is 16.2. The summed E-state index contributed by atoms with van der Waals surface area (Å²) in [5.74, 6) is 0. The van der Waals surface area contributed by atoms with Crippen LogP contribution >= 0.6 is 0 Å². The van der Waals surface area contributed by atoms with Crippen molar-refractivity contribution in [2.24, 2.45) is 0 Å². The van der Waals surface area contributed by atoms with Crippen molar-refractivity contribution in [2.45, 2.75) is 55.4 Å². The third-order valence-corrected chi connectivity index (χ3v) is 3.10. The topological polar surface area (TPSA) is 6.48 Å². The molecule has 0 radical (unpaired) electrons. The maximum absolute atomic E-state index is 2.12. The molecule has 0 saturated carbocycles. The summed E-state index contributed by atoms with van der Waals surface area (Å²) in [5, 5.41) is 0. The largest absolute Gasteiger partial charge is 0.378 e. The minimum absolute atomic E-state index is 1.26. The SMILES string of the molecule is CC.CC.CC.Cc1ccc(N(C)C)cc1.Cc1ccc(N(C)C)cc1. The Kier molecular flexibility index (Phi) is 21.5. The number of benzene rings is 2. The zero-order chi connectivity index (χ0) is 21.1. The number of hydrogen-bond acceptors (Lipinski definition) is 2. The van der Waals surface area contributed by atoms with Crippen LogP contribution in [0.4, 0.5) is 11.4 Å². The summed E-state index contributed by atoms with van der Waals surface area (Å²) < 4.78 is 0.